The van der Waals surface area contributed by atoms with Gasteiger partial charge in [-0.15, -0.1) is 0 Å². The van der Waals surface area contributed by atoms with E-state index in [0.29, 0.717) is 0 Å². The maximum absolute atomic E-state index is 9.90. The Bertz CT molecular complexity index is 82.2. The predicted octanol–water partition coefficient (Wildman–Crippen LogP) is 1.54. The molecule has 40 valence electrons. The van der Waals surface area contributed by atoms with Gasteiger partial charge in [-0.25, -0.2) is 0 Å². The molecule has 0 amide bonds. The fourth-order valence-corrected chi connectivity index (χ4v) is 0.355. The quantitative estimate of drug-likeness (QED) is 0.378. The van der Waals surface area contributed by atoms with Crippen LogP contribution in [0.3, 0.4) is 0 Å². The van der Waals surface area contributed by atoms with Crippen LogP contribution in [-0.2, 0) is 4.79 Å². The lowest BCUT2D eigenvalue weighted by atomic mass is 10.2. The van der Waals surface area contributed by atoms with Crippen molar-refractivity contribution in [3.8, 4) is 0 Å². The maximum atomic E-state index is 9.90. The van der Waals surface area contributed by atoms with E-state index in [-0.39, 0.29) is 0 Å². The molecule has 0 unspecified atom stereocenters. The summed E-state index contributed by atoms with van der Waals surface area (Å²) in [6.07, 6.45) is 3.56. The van der Waals surface area contributed by atoms with Crippen LogP contribution in [0.15, 0.2) is 11.6 Å². The van der Waals surface area contributed by atoms with Gasteiger partial charge in [-0.2, -0.15) is 0 Å². The van der Waals surface area contributed by atoms with E-state index < -0.39 is 0 Å². The van der Waals surface area contributed by atoms with Gasteiger partial charge in [0.1, 0.15) is 6.29 Å². The van der Waals surface area contributed by atoms with Crippen LogP contribution in [0.25, 0.3) is 0 Å². The summed E-state index contributed by atoms with van der Waals surface area (Å²) in [6, 6.07) is 0. The third kappa shape index (κ3) is 2.15. The van der Waals surface area contributed by atoms with Crippen LogP contribution in [0.4, 0.5) is 0 Å². The second-order valence-electron chi connectivity index (χ2n) is 1.33. The van der Waals surface area contributed by atoms with Crippen LogP contribution in [0, 0.1) is 0 Å². The van der Waals surface area contributed by atoms with E-state index in [1.165, 1.54) is 0 Å². The Labute approximate surface area is 44.0 Å². The van der Waals surface area contributed by atoms with Crippen LogP contribution in [0.5, 0.6) is 0 Å². The summed E-state index contributed by atoms with van der Waals surface area (Å²) < 4.78 is 0. The molecule has 0 radical (unpaired) electrons. The molecule has 0 heterocycles. The van der Waals surface area contributed by atoms with Gasteiger partial charge in [0.2, 0.25) is 0 Å². The molecule has 0 saturated carbocycles. The van der Waals surface area contributed by atoms with Gasteiger partial charge >= 0.3 is 0 Å². The van der Waals surface area contributed by atoms with Crippen LogP contribution >= 0.6 is 0 Å². The lowest BCUT2D eigenvalue weighted by Crippen LogP contribution is -1.77. The van der Waals surface area contributed by atoms with Gasteiger partial charge in [-0.3, -0.25) is 4.79 Å². The number of aldehydes is 1. The summed E-state index contributed by atoms with van der Waals surface area (Å²) in [5.74, 6) is 0. The summed E-state index contributed by atoms with van der Waals surface area (Å²) in [5.41, 5.74) is 0.875. The number of rotatable bonds is 2. The first kappa shape index (κ1) is 6.41. The smallest absolute Gasteiger partial charge is 0.145 e. The first-order chi connectivity index (χ1) is 3.35. The Balaban J connectivity index is 3.60. The summed E-state index contributed by atoms with van der Waals surface area (Å²) in [5, 5.41) is 0. The molecule has 0 aliphatic carbocycles. The molecule has 0 rings (SSSR count). The molecular weight excluding hydrogens is 88.1 g/mol. The normalized spacial score (nSPS) is 11.4. The Morgan fingerprint density at radius 1 is 1.71 bits per heavy atom. The Kier molecular flexibility index (Phi) is 3.29. The van der Waals surface area contributed by atoms with Gasteiger partial charge in [0, 0.05) is 0 Å². The highest BCUT2D eigenvalue weighted by molar-refractivity contribution is 5.72. The molecule has 0 aromatic rings. The zero-order valence-electron chi connectivity index (χ0n) is 4.77. The molecule has 0 aliphatic heterocycles. The first-order valence-corrected chi connectivity index (χ1v) is 2.45. The van der Waals surface area contributed by atoms with Gasteiger partial charge < -0.3 is 0 Å². The van der Waals surface area contributed by atoms with E-state index >= 15 is 0 Å². The standard InChI is InChI=1S/C6H10O/c1-3-6(4-2)5-7/h3,5H,4H2,1-2H3. The zero-order valence-corrected chi connectivity index (χ0v) is 4.77. The SMILES string of the molecule is CC=C(C=O)CC. The third-order valence-corrected chi connectivity index (χ3v) is 0.930. The molecule has 1 nitrogen and oxygen atoms in total. The molecule has 0 fully saturated rings. The first-order valence-electron chi connectivity index (χ1n) is 2.45. The van der Waals surface area contributed by atoms with Crippen molar-refractivity contribution in [3.63, 3.8) is 0 Å². The highest BCUT2D eigenvalue weighted by Gasteiger charge is 1.82. The predicted molar refractivity (Wildman–Crippen MR) is 30.1 cm³/mol. The molecule has 0 N–H and O–H groups in total. The van der Waals surface area contributed by atoms with Crippen LogP contribution in [0.2, 0.25) is 0 Å². The Morgan fingerprint density at radius 2 is 2.29 bits per heavy atom. The highest BCUT2D eigenvalue weighted by Crippen LogP contribution is 1.92. The van der Waals surface area contributed by atoms with E-state index in [2.05, 4.69) is 0 Å². The summed E-state index contributed by atoms with van der Waals surface area (Å²) in [6.45, 7) is 3.83. The van der Waals surface area contributed by atoms with Crippen molar-refractivity contribution in [2.75, 3.05) is 0 Å². The summed E-state index contributed by atoms with van der Waals surface area (Å²) in [7, 11) is 0. The molecule has 0 bridgehead atoms. The van der Waals surface area contributed by atoms with Crippen LogP contribution in [0.1, 0.15) is 20.3 Å². The lowest BCUT2D eigenvalue weighted by molar-refractivity contribution is -0.105. The molecule has 0 atom stereocenters. The van der Waals surface area contributed by atoms with E-state index in [1.807, 2.05) is 19.9 Å². The zero-order chi connectivity index (χ0) is 5.70. The van der Waals surface area contributed by atoms with Gasteiger partial charge in [-0.05, 0) is 18.9 Å². The second-order valence-corrected chi connectivity index (χ2v) is 1.33. The number of hydrogen-bond acceptors (Lipinski definition) is 1. The molecule has 0 aliphatic rings. The number of hydrogen-bond donors (Lipinski definition) is 0. The Hall–Kier alpha value is -0.590. The minimum atomic E-state index is 0.847. The largest absolute Gasteiger partial charge is 0.298 e. The number of allylic oxidation sites excluding steroid dienone is 2. The molecule has 0 saturated heterocycles. The minimum absolute atomic E-state index is 0.847. The molecule has 7 heavy (non-hydrogen) atoms. The van der Waals surface area contributed by atoms with Crippen molar-refractivity contribution < 1.29 is 4.79 Å². The topological polar surface area (TPSA) is 17.1 Å². The average Bonchev–Trinajstić information content (AvgIpc) is 1.72. The van der Waals surface area contributed by atoms with E-state index in [4.69, 9.17) is 0 Å². The van der Waals surface area contributed by atoms with Crippen LogP contribution < -0.4 is 0 Å². The second kappa shape index (κ2) is 3.59. The van der Waals surface area contributed by atoms with Crippen molar-refractivity contribution in [1.82, 2.24) is 0 Å². The summed E-state index contributed by atoms with van der Waals surface area (Å²) >= 11 is 0. The van der Waals surface area contributed by atoms with Crippen molar-refractivity contribution in [1.29, 1.82) is 0 Å². The monoisotopic (exact) mass is 98.1 g/mol. The molecule has 0 aromatic heterocycles. The van der Waals surface area contributed by atoms with Crippen molar-refractivity contribution in [2.24, 2.45) is 0 Å². The van der Waals surface area contributed by atoms with Crippen molar-refractivity contribution >= 4 is 6.29 Å². The van der Waals surface area contributed by atoms with E-state index in [0.717, 1.165) is 18.3 Å². The third-order valence-electron chi connectivity index (χ3n) is 0.930. The van der Waals surface area contributed by atoms with Crippen molar-refractivity contribution in [3.05, 3.63) is 11.6 Å². The van der Waals surface area contributed by atoms with Gasteiger partial charge in [0.25, 0.3) is 0 Å². The van der Waals surface area contributed by atoms with Crippen LogP contribution in [-0.4, -0.2) is 6.29 Å². The van der Waals surface area contributed by atoms with Gasteiger partial charge in [0.05, 0.1) is 0 Å². The maximum Gasteiger partial charge on any atom is 0.145 e. The Morgan fingerprint density at radius 3 is 2.29 bits per heavy atom. The van der Waals surface area contributed by atoms with Gasteiger partial charge in [0.15, 0.2) is 0 Å². The molecular formula is C6H10O. The highest BCUT2D eigenvalue weighted by atomic mass is 16.1. The van der Waals surface area contributed by atoms with E-state index in [9.17, 15) is 4.79 Å². The fraction of sp³-hybridized carbons (Fsp3) is 0.500. The number of carbonyl (C=O) groups excluding carboxylic acids is 1. The van der Waals surface area contributed by atoms with E-state index in [1.54, 1.807) is 0 Å². The number of carbonyl (C=O) groups is 1. The molecule has 0 spiro atoms. The van der Waals surface area contributed by atoms with Gasteiger partial charge in [-0.1, -0.05) is 13.0 Å². The minimum Gasteiger partial charge on any atom is -0.298 e. The molecule has 1 heteroatoms. The summed E-state index contributed by atoms with van der Waals surface area (Å²) in [4.78, 5) is 9.90. The van der Waals surface area contributed by atoms with Crippen molar-refractivity contribution in [2.45, 2.75) is 20.3 Å². The fourth-order valence-electron chi connectivity index (χ4n) is 0.355. The lowest BCUT2D eigenvalue weighted by Gasteiger charge is -1.84. The average molecular weight is 98.1 g/mol. The molecule has 0 aromatic carbocycles.